The van der Waals surface area contributed by atoms with E-state index in [1.54, 1.807) is 0 Å². The highest BCUT2D eigenvalue weighted by Crippen LogP contribution is 2.54. The summed E-state index contributed by atoms with van der Waals surface area (Å²) >= 11 is 7.78. The van der Waals surface area contributed by atoms with Crippen molar-refractivity contribution in [1.29, 1.82) is 0 Å². The number of benzene rings is 2. The van der Waals surface area contributed by atoms with Gasteiger partial charge in [0.05, 0.1) is 0 Å². The Morgan fingerprint density at radius 2 is 1.14 bits per heavy atom. The van der Waals surface area contributed by atoms with Gasteiger partial charge in [-0.15, -0.1) is 0 Å². The fraction of sp³-hybridized carbons (Fsp3) is 0.333. The van der Waals surface area contributed by atoms with Crippen LogP contribution in [-0.2, 0) is 26.6 Å². The molecular weight excluding hydrogens is 392 g/mol. The Morgan fingerprint density at radius 1 is 0.714 bits per heavy atom. The maximum absolute atomic E-state index is 6.63. The Balaban J connectivity index is 1.71. The van der Waals surface area contributed by atoms with Crippen molar-refractivity contribution in [3.05, 3.63) is 70.8 Å². The van der Waals surface area contributed by atoms with Crippen LogP contribution in [0.5, 0.6) is 0 Å². The van der Waals surface area contributed by atoms with Crippen LogP contribution in [0.25, 0.3) is 0 Å². The lowest BCUT2D eigenvalue weighted by atomic mass is 10.1. The van der Waals surface area contributed by atoms with Gasteiger partial charge in [-0.25, -0.2) is 0 Å². The number of ether oxygens (including phenoxy) is 1. The Bertz CT molecular complexity index is 640. The Labute approximate surface area is 142 Å². The summed E-state index contributed by atoms with van der Waals surface area (Å²) in [5.41, 5.74) is 5.31. The predicted molar refractivity (Wildman–Crippen MR) is 91.8 cm³/mol. The molecule has 2 aromatic carbocycles. The maximum Gasteiger partial charge on any atom is 0.151 e. The molecular formula is C18H16Br2O. The van der Waals surface area contributed by atoms with Crippen LogP contribution in [0.15, 0.2) is 48.5 Å². The first-order chi connectivity index (χ1) is 10.1. The molecule has 4 rings (SSSR count). The van der Waals surface area contributed by atoms with Crippen LogP contribution in [0.3, 0.4) is 0 Å². The van der Waals surface area contributed by atoms with Crippen molar-refractivity contribution in [3.63, 3.8) is 0 Å². The van der Waals surface area contributed by atoms with Crippen LogP contribution in [0.1, 0.15) is 35.1 Å². The van der Waals surface area contributed by atoms with Gasteiger partial charge >= 0.3 is 0 Å². The summed E-state index contributed by atoms with van der Waals surface area (Å²) in [6.07, 6.45) is 4.07. The van der Waals surface area contributed by atoms with Crippen LogP contribution < -0.4 is 0 Å². The first-order valence-electron chi connectivity index (χ1n) is 7.36. The first kappa shape index (κ1) is 14.0. The minimum Gasteiger partial charge on any atom is -0.337 e. The van der Waals surface area contributed by atoms with Gasteiger partial charge in [0.1, 0.15) is 0 Å². The van der Waals surface area contributed by atoms with E-state index in [1.807, 2.05) is 0 Å². The van der Waals surface area contributed by atoms with Crippen LogP contribution in [0.2, 0.25) is 0 Å². The molecule has 0 N–H and O–H groups in total. The van der Waals surface area contributed by atoms with Crippen molar-refractivity contribution in [2.45, 2.75) is 34.7 Å². The predicted octanol–water partition coefficient (Wildman–Crippen LogP) is 5.39. The lowest BCUT2D eigenvalue weighted by Crippen LogP contribution is -2.30. The zero-order valence-corrected chi connectivity index (χ0v) is 14.8. The van der Waals surface area contributed by atoms with E-state index in [1.165, 1.54) is 22.3 Å². The van der Waals surface area contributed by atoms with Crippen LogP contribution in [0, 0.1) is 0 Å². The zero-order chi connectivity index (χ0) is 14.5. The number of alkyl halides is 2. The number of hydrogen-bond acceptors (Lipinski definition) is 1. The van der Waals surface area contributed by atoms with Gasteiger partial charge in [-0.05, 0) is 79.8 Å². The number of fused-ring (bicyclic) bond motifs is 2. The highest BCUT2D eigenvalue weighted by molar-refractivity contribution is 9.10. The Morgan fingerprint density at radius 3 is 1.62 bits per heavy atom. The second-order valence-electron chi connectivity index (χ2n) is 5.87. The average molecular weight is 408 g/mol. The minimum absolute atomic E-state index is 0.384. The molecule has 0 aromatic heterocycles. The van der Waals surface area contributed by atoms with E-state index in [9.17, 15) is 0 Å². The lowest BCUT2D eigenvalue weighted by Gasteiger charge is -2.34. The van der Waals surface area contributed by atoms with E-state index in [2.05, 4.69) is 80.4 Å². The largest absolute Gasteiger partial charge is 0.337 e. The molecule has 0 bridgehead atoms. The molecule has 3 heteroatoms. The molecule has 2 atom stereocenters. The molecule has 0 heterocycles. The quantitative estimate of drug-likeness (QED) is 0.606. The normalized spacial score (nSPS) is 30.2. The van der Waals surface area contributed by atoms with E-state index in [0.717, 1.165) is 25.7 Å². The summed E-state index contributed by atoms with van der Waals surface area (Å²) in [5.74, 6) is 0. The highest BCUT2D eigenvalue weighted by Gasteiger charge is 2.47. The smallest absolute Gasteiger partial charge is 0.151 e. The molecule has 0 aliphatic heterocycles. The number of hydrogen-bond donors (Lipinski definition) is 0. The Hall–Kier alpha value is -0.640. The van der Waals surface area contributed by atoms with Crippen molar-refractivity contribution in [2.75, 3.05) is 0 Å². The number of halogens is 2. The van der Waals surface area contributed by atoms with Crippen molar-refractivity contribution in [2.24, 2.45) is 0 Å². The maximum atomic E-state index is 6.63. The first-order valence-corrected chi connectivity index (χ1v) is 8.94. The summed E-state index contributed by atoms with van der Waals surface area (Å²) in [7, 11) is 0. The van der Waals surface area contributed by atoms with Gasteiger partial charge < -0.3 is 4.74 Å². The van der Waals surface area contributed by atoms with Crippen molar-refractivity contribution < 1.29 is 4.74 Å². The minimum atomic E-state index is -0.384. The molecule has 2 aliphatic rings. The summed E-state index contributed by atoms with van der Waals surface area (Å²) < 4.78 is 5.86. The fourth-order valence-electron chi connectivity index (χ4n) is 3.53. The second kappa shape index (κ2) is 4.94. The average Bonchev–Trinajstić information content (AvgIpc) is 3.00. The highest BCUT2D eigenvalue weighted by atomic mass is 79.9. The standard InChI is InChI=1S/C18H16Br2O/c19-17(11-9-13-5-1-3-7-15(13)17)21-18(20)12-10-14-6-2-4-8-16(14)18/h1-8H,9-12H2. The molecule has 1 nitrogen and oxygen atoms in total. The molecule has 0 radical (unpaired) electrons. The van der Waals surface area contributed by atoms with Gasteiger partial charge in [0.15, 0.2) is 9.02 Å². The van der Waals surface area contributed by atoms with E-state index in [0.29, 0.717) is 0 Å². The second-order valence-corrected chi connectivity index (χ2v) is 8.44. The van der Waals surface area contributed by atoms with Crippen molar-refractivity contribution >= 4 is 31.9 Å². The van der Waals surface area contributed by atoms with E-state index < -0.39 is 0 Å². The van der Waals surface area contributed by atoms with Gasteiger partial charge in [0.25, 0.3) is 0 Å². The molecule has 2 aliphatic carbocycles. The third-order valence-corrected chi connectivity index (χ3v) is 6.57. The Kier molecular flexibility index (Phi) is 3.29. The molecule has 0 spiro atoms. The molecule has 0 saturated carbocycles. The summed E-state index contributed by atoms with van der Waals surface area (Å²) in [4.78, 5) is 0. The third-order valence-electron chi connectivity index (χ3n) is 4.59. The lowest BCUT2D eigenvalue weighted by molar-refractivity contribution is -0.0526. The molecule has 2 aromatic rings. The SMILES string of the molecule is BrC1(OC2(Br)CCc3ccccc32)CCc2ccccc21. The van der Waals surface area contributed by atoms with Gasteiger partial charge in [0.2, 0.25) is 0 Å². The van der Waals surface area contributed by atoms with Gasteiger partial charge in [-0.2, -0.15) is 0 Å². The van der Waals surface area contributed by atoms with E-state index in [-0.39, 0.29) is 9.02 Å². The number of rotatable bonds is 2. The van der Waals surface area contributed by atoms with Gasteiger partial charge in [0, 0.05) is 0 Å². The molecule has 2 unspecified atom stereocenters. The van der Waals surface area contributed by atoms with Crippen LogP contribution in [0.4, 0.5) is 0 Å². The monoisotopic (exact) mass is 406 g/mol. The molecule has 0 saturated heterocycles. The summed E-state index contributed by atoms with van der Waals surface area (Å²) in [6.45, 7) is 0. The molecule has 108 valence electrons. The third kappa shape index (κ3) is 2.21. The summed E-state index contributed by atoms with van der Waals surface area (Å²) in [5, 5.41) is 0. The van der Waals surface area contributed by atoms with Crippen LogP contribution >= 0.6 is 31.9 Å². The van der Waals surface area contributed by atoms with Crippen molar-refractivity contribution in [3.8, 4) is 0 Å². The van der Waals surface area contributed by atoms with E-state index in [4.69, 9.17) is 4.74 Å². The van der Waals surface area contributed by atoms with Gasteiger partial charge in [-0.1, -0.05) is 48.5 Å². The zero-order valence-electron chi connectivity index (χ0n) is 11.6. The van der Waals surface area contributed by atoms with Crippen LogP contribution in [-0.4, -0.2) is 0 Å². The summed E-state index contributed by atoms with van der Waals surface area (Å²) in [6, 6.07) is 17.1. The van der Waals surface area contributed by atoms with Crippen molar-refractivity contribution in [1.82, 2.24) is 0 Å². The number of aryl methyl sites for hydroxylation is 2. The van der Waals surface area contributed by atoms with E-state index >= 15 is 0 Å². The molecule has 0 fully saturated rings. The molecule has 21 heavy (non-hydrogen) atoms. The van der Waals surface area contributed by atoms with Gasteiger partial charge in [-0.3, -0.25) is 0 Å². The fourth-order valence-corrected chi connectivity index (χ4v) is 5.47. The topological polar surface area (TPSA) is 9.23 Å². The molecule has 0 amide bonds.